The summed E-state index contributed by atoms with van der Waals surface area (Å²) < 4.78 is 39.4. The minimum atomic E-state index is -4.27. The lowest BCUT2D eigenvalue weighted by Gasteiger charge is -2.21. The van der Waals surface area contributed by atoms with Crippen LogP contribution >= 0.6 is 12.2 Å². The Labute approximate surface area is 135 Å². The molecule has 23 heavy (non-hydrogen) atoms. The maximum atomic E-state index is 13.1. The highest BCUT2D eigenvalue weighted by Crippen LogP contribution is 2.58. The lowest BCUT2D eigenvalue weighted by molar-refractivity contribution is -0.160. The second kappa shape index (κ2) is 5.17. The number of alkyl halides is 3. The van der Waals surface area contributed by atoms with E-state index in [4.69, 9.17) is 17.5 Å². The molecule has 1 N–H and O–H groups in total. The molecule has 7 heteroatoms. The number of amides is 1. The number of rotatable bonds is 2. The molecule has 0 spiro atoms. The summed E-state index contributed by atoms with van der Waals surface area (Å²) in [6, 6.07) is 7.73. The van der Waals surface area contributed by atoms with Crippen molar-refractivity contribution in [3.05, 3.63) is 41.0 Å². The van der Waals surface area contributed by atoms with Gasteiger partial charge in [-0.1, -0.05) is 36.5 Å². The Morgan fingerprint density at radius 3 is 2.30 bits per heavy atom. The number of carbonyl (C=O) groups is 1. The van der Waals surface area contributed by atoms with Gasteiger partial charge >= 0.3 is 6.18 Å². The van der Waals surface area contributed by atoms with Crippen molar-refractivity contribution in [1.82, 2.24) is 5.32 Å². The Hall–Kier alpha value is -2.20. The summed E-state index contributed by atoms with van der Waals surface area (Å²) >= 11 is 4.98. The van der Waals surface area contributed by atoms with Crippen LogP contribution in [0.5, 0.6) is 0 Å². The van der Waals surface area contributed by atoms with Crippen molar-refractivity contribution >= 4 is 28.7 Å². The molecule has 1 fully saturated rings. The van der Waals surface area contributed by atoms with Gasteiger partial charge in [-0.25, -0.2) is 0 Å². The molecule has 1 saturated carbocycles. The van der Waals surface area contributed by atoms with E-state index < -0.39 is 17.5 Å². The maximum Gasteiger partial charge on any atom is 0.398 e. The zero-order valence-corrected chi connectivity index (χ0v) is 12.6. The molecule has 1 aromatic rings. The van der Waals surface area contributed by atoms with Crippen molar-refractivity contribution < 1.29 is 18.0 Å². The smallest absolute Gasteiger partial charge is 0.315 e. The average Bonchev–Trinajstić information content (AvgIpc) is 3.28. The summed E-state index contributed by atoms with van der Waals surface area (Å²) in [6.45, 7) is 0. The molecule has 0 radical (unpaired) electrons. The number of carbonyl (C=O) groups excluding carboxylic acids is 1. The fourth-order valence-corrected chi connectivity index (χ4v) is 3.07. The fourth-order valence-electron chi connectivity index (χ4n) is 2.84. The number of hydrogen-bond acceptors (Lipinski definition) is 3. The van der Waals surface area contributed by atoms with Crippen molar-refractivity contribution in [2.75, 3.05) is 0 Å². The van der Waals surface area contributed by atoms with Gasteiger partial charge in [0, 0.05) is 6.42 Å². The first-order valence-corrected chi connectivity index (χ1v) is 7.34. The lowest BCUT2D eigenvalue weighted by atomic mass is 9.90. The van der Waals surface area contributed by atoms with Crippen LogP contribution in [-0.2, 0) is 10.2 Å². The number of thiocarbonyl (C=S) groups is 1. The van der Waals surface area contributed by atoms with Gasteiger partial charge in [0.15, 0.2) is 0 Å². The van der Waals surface area contributed by atoms with Crippen LogP contribution in [0.25, 0.3) is 5.57 Å². The summed E-state index contributed by atoms with van der Waals surface area (Å²) in [6.07, 6.45) is -3.87. The van der Waals surface area contributed by atoms with Crippen molar-refractivity contribution in [3.8, 4) is 6.07 Å². The molecular formula is C16H11F3N2OS. The molecule has 0 bridgehead atoms. The summed E-state index contributed by atoms with van der Waals surface area (Å²) in [5, 5.41) is 11.5. The van der Waals surface area contributed by atoms with Crippen LogP contribution in [0.2, 0.25) is 0 Å². The number of nitrogens with zero attached hydrogens (tertiary/aromatic N) is 1. The fraction of sp³-hybridized carbons (Fsp3) is 0.312. The summed E-state index contributed by atoms with van der Waals surface area (Å²) in [4.78, 5) is 12.1. The second-order valence-corrected chi connectivity index (χ2v) is 6.17. The molecule has 0 aromatic heterocycles. The highest BCUT2D eigenvalue weighted by molar-refractivity contribution is 7.80. The van der Waals surface area contributed by atoms with E-state index in [0.717, 1.165) is 0 Å². The quantitative estimate of drug-likeness (QED) is 0.842. The predicted octanol–water partition coefficient (Wildman–Crippen LogP) is 3.40. The molecule has 1 aliphatic heterocycles. The van der Waals surface area contributed by atoms with E-state index in [2.05, 4.69) is 5.32 Å². The van der Waals surface area contributed by atoms with E-state index in [1.165, 1.54) is 24.3 Å². The molecule has 1 aliphatic carbocycles. The first-order valence-electron chi connectivity index (χ1n) is 6.93. The largest absolute Gasteiger partial charge is 0.398 e. The van der Waals surface area contributed by atoms with Crippen LogP contribution in [0.1, 0.15) is 30.4 Å². The van der Waals surface area contributed by atoms with Crippen LogP contribution in [0.15, 0.2) is 29.8 Å². The Bertz CT molecular complexity index is 768. The average molecular weight is 336 g/mol. The van der Waals surface area contributed by atoms with Crippen molar-refractivity contribution in [3.63, 3.8) is 0 Å². The van der Waals surface area contributed by atoms with Crippen molar-refractivity contribution in [1.29, 1.82) is 5.26 Å². The predicted molar refractivity (Wildman–Crippen MR) is 81.3 cm³/mol. The zero-order valence-electron chi connectivity index (χ0n) is 11.8. The molecule has 0 saturated heterocycles. The molecule has 3 nitrogen and oxygen atoms in total. The van der Waals surface area contributed by atoms with Crippen LogP contribution in [0.4, 0.5) is 13.2 Å². The summed E-state index contributed by atoms with van der Waals surface area (Å²) in [7, 11) is 0. The van der Waals surface area contributed by atoms with Crippen LogP contribution in [-0.4, -0.2) is 17.1 Å². The van der Waals surface area contributed by atoms with Gasteiger partial charge in [0.05, 0.1) is 10.4 Å². The minimum absolute atomic E-state index is 0.0525. The van der Waals surface area contributed by atoms with E-state index in [1.54, 1.807) is 0 Å². The third-order valence-electron chi connectivity index (χ3n) is 4.31. The number of nitrogens with one attached hydrogen (secondary N) is 1. The monoisotopic (exact) mass is 336 g/mol. The topological polar surface area (TPSA) is 52.9 Å². The molecule has 0 unspecified atom stereocenters. The second-order valence-electron chi connectivity index (χ2n) is 5.68. The number of benzene rings is 1. The Morgan fingerprint density at radius 2 is 1.83 bits per heavy atom. The molecule has 118 valence electrons. The Morgan fingerprint density at radius 1 is 1.22 bits per heavy atom. The Kier molecular flexibility index (Phi) is 3.52. The van der Waals surface area contributed by atoms with Gasteiger partial charge in [0.2, 0.25) is 0 Å². The minimum Gasteiger partial charge on any atom is -0.315 e. The Balaban J connectivity index is 1.99. The number of nitriles is 1. The van der Waals surface area contributed by atoms with Gasteiger partial charge in [-0.05, 0) is 29.5 Å². The normalized spacial score (nSPS) is 20.1. The number of halogens is 3. The standard InChI is InChI=1S/C16H11F3N2OS/c17-16(18,19)15(5-6-15)10-3-1-9(2-4-10)11-7-13(23)21-14(22)12(11)8-20/h1-4H,5-7H2,(H,21,22,23). The van der Waals surface area contributed by atoms with E-state index in [-0.39, 0.29) is 30.4 Å². The molecular weight excluding hydrogens is 325 g/mol. The number of hydrogen-bond donors (Lipinski definition) is 1. The molecule has 0 atom stereocenters. The van der Waals surface area contributed by atoms with Crippen molar-refractivity contribution in [2.24, 2.45) is 0 Å². The van der Waals surface area contributed by atoms with E-state index in [9.17, 15) is 18.0 Å². The third-order valence-corrected chi connectivity index (χ3v) is 4.56. The molecule has 1 heterocycles. The zero-order chi connectivity index (χ0) is 16.8. The van der Waals surface area contributed by atoms with Gasteiger partial charge in [-0.15, -0.1) is 0 Å². The summed E-state index contributed by atoms with van der Waals surface area (Å²) in [5.74, 6) is -0.572. The maximum absolute atomic E-state index is 13.1. The van der Waals surface area contributed by atoms with Gasteiger partial charge in [0.1, 0.15) is 11.6 Å². The van der Waals surface area contributed by atoms with Gasteiger partial charge in [-0.2, -0.15) is 18.4 Å². The third kappa shape index (κ3) is 2.53. The highest BCUT2D eigenvalue weighted by Gasteiger charge is 2.64. The van der Waals surface area contributed by atoms with Gasteiger partial charge < -0.3 is 5.32 Å². The van der Waals surface area contributed by atoms with Gasteiger partial charge in [0.25, 0.3) is 5.91 Å². The first-order chi connectivity index (χ1) is 10.8. The van der Waals surface area contributed by atoms with Gasteiger partial charge in [-0.3, -0.25) is 4.79 Å². The van der Waals surface area contributed by atoms with E-state index in [0.29, 0.717) is 16.1 Å². The van der Waals surface area contributed by atoms with Crippen LogP contribution in [0.3, 0.4) is 0 Å². The van der Waals surface area contributed by atoms with E-state index >= 15 is 0 Å². The summed E-state index contributed by atoms with van der Waals surface area (Å²) in [5.41, 5.74) is -0.582. The molecule has 3 rings (SSSR count). The SMILES string of the molecule is N#CC1=C(c2ccc(C3(C(F)(F)F)CC3)cc2)CC(=S)NC1=O. The van der Waals surface area contributed by atoms with Crippen molar-refractivity contribution in [2.45, 2.75) is 30.9 Å². The van der Waals surface area contributed by atoms with Crippen LogP contribution in [0, 0.1) is 11.3 Å². The lowest BCUT2D eigenvalue weighted by Crippen LogP contribution is -2.34. The van der Waals surface area contributed by atoms with Crippen LogP contribution < -0.4 is 5.32 Å². The first kappa shape index (κ1) is 15.7. The van der Waals surface area contributed by atoms with E-state index in [1.807, 2.05) is 6.07 Å². The molecule has 2 aliphatic rings. The molecule has 1 aromatic carbocycles. The molecule has 1 amide bonds. The highest BCUT2D eigenvalue weighted by atomic mass is 32.1.